The molecule has 1 atom stereocenters. The van der Waals surface area contributed by atoms with Gasteiger partial charge in [-0.1, -0.05) is 12.1 Å². The summed E-state index contributed by atoms with van der Waals surface area (Å²) in [6.45, 7) is 1.71. The van der Waals surface area contributed by atoms with E-state index in [1.807, 2.05) is 0 Å². The highest BCUT2D eigenvalue weighted by Crippen LogP contribution is 2.27. The molecule has 0 radical (unpaired) electrons. The van der Waals surface area contributed by atoms with Crippen LogP contribution in [0.3, 0.4) is 0 Å². The van der Waals surface area contributed by atoms with Gasteiger partial charge in [0.1, 0.15) is 11.8 Å². The van der Waals surface area contributed by atoms with E-state index in [0.717, 1.165) is 19.5 Å². The lowest BCUT2D eigenvalue weighted by Gasteiger charge is -2.14. The molecule has 1 aromatic heterocycles. The third-order valence-electron chi connectivity index (χ3n) is 3.34. The monoisotopic (exact) mass is 285 g/mol. The molecule has 1 aromatic carbocycles. The molecule has 6 nitrogen and oxygen atoms in total. The van der Waals surface area contributed by atoms with Gasteiger partial charge in [-0.25, -0.2) is 14.8 Å². The molecule has 6 heteroatoms. The van der Waals surface area contributed by atoms with Crippen molar-refractivity contribution in [3.8, 4) is 17.1 Å². The first kappa shape index (κ1) is 13.5. The largest absolute Gasteiger partial charge is 0.478 e. The van der Waals surface area contributed by atoms with E-state index in [-0.39, 0.29) is 11.7 Å². The summed E-state index contributed by atoms with van der Waals surface area (Å²) in [7, 11) is 0. The van der Waals surface area contributed by atoms with Crippen molar-refractivity contribution in [2.45, 2.75) is 12.5 Å². The molecule has 1 fully saturated rings. The Balaban J connectivity index is 1.94. The van der Waals surface area contributed by atoms with Gasteiger partial charge in [0.25, 0.3) is 0 Å². The zero-order chi connectivity index (χ0) is 14.7. The molecule has 1 unspecified atom stereocenters. The summed E-state index contributed by atoms with van der Waals surface area (Å²) in [4.78, 5) is 19.6. The summed E-state index contributed by atoms with van der Waals surface area (Å²) < 4.78 is 5.88. The van der Waals surface area contributed by atoms with Gasteiger partial charge >= 0.3 is 5.97 Å². The molecular weight excluding hydrogens is 270 g/mol. The number of rotatable bonds is 4. The van der Waals surface area contributed by atoms with Gasteiger partial charge in [-0.05, 0) is 25.1 Å². The highest BCUT2D eigenvalue weighted by molar-refractivity contribution is 5.89. The van der Waals surface area contributed by atoms with E-state index in [4.69, 9.17) is 9.84 Å². The number of carboxylic acids is 1. The molecule has 0 aliphatic carbocycles. The molecule has 1 aliphatic rings. The van der Waals surface area contributed by atoms with Gasteiger partial charge in [0.05, 0.1) is 5.56 Å². The van der Waals surface area contributed by atoms with Gasteiger partial charge in [0.15, 0.2) is 0 Å². The molecule has 1 saturated heterocycles. The average molecular weight is 285 g/mol. The van der Waals surface area contributed by atoms with E-state index in [9.17, 15) is 4.79 Å². The van der Waals surface area contributed by atoms with Crippen LogP contribution in [0.4, 0.5) is 0 Å². The predicted octanol–water partition coefficient (Wildman–Crippen LogP) is 1.58. The maximum Gasteiger partial charge on any atom is 0.335 e. The number of aromatic carboxylic acids is 1. The number of aromatic nitrogens is 2. The van der Waals surface area contributed by atoms with Gasteiger partial charge in [-0.15, -0.1) is 0 Å². The Hall–Kier alpha value is -2.47. The minimum atomic E-state index is -0.969. The minimum absolute atomic E-state index is 0.0723. The Morgan fingerprint density at radius 3 is 2.95 bits per heavy atom. The van der Waals surface area contributed by atoms with E-state index >= 15 is 0 Å². The zero-order valence-electron chi connectivity index (χ0n) is 11.3. The van der Waals surface area contributed by atoms with E-state index in [1.54, 1.807) is 36.7 Å². The fraction of sp³-hybridized carbons (Fsp3) is 0.267. The standard InChI is InChI=1S/C15H15N3O3/c19-15(20)11-3-1-2-10(8-11)13-14(18-7-6-17-13)21-12-4-5-16-9-12/h1-3,6-8,12,16H,4-5,9H2,(H,19,20). The van der Waals surface area contributed by atoms with Gasteiger partial charge < -0.3 is 15.2 Å². The average Bonchev–Trinajstić information content (AvgIpc) is 3.01. The smallest absolute Gasteiger partial charge is 0.335 e. The Labute approximate surface area is 121 Å². The molecule has 0 spiro atoms. The Morgan fingerprint density at radius 1 is 1.33 bits per heavy atom. The molecule has 2 heterocycles. The van der Waals surface area contributed by atoms with E-state index < -0.39 is 5.97 Å². The van der Waals surface area contributed by atoms with Gasteiger partial charge in [0.2, 0.25) is 5.88 Å². The van der Waals surface area contributed by atoms with E-state index in [1.165, 1.54) is 0 Å². The lowest BCUT2D eigenvalue weighted by Crippen LogP contribution is -2.20. The molecule has 0 bridgehead atoms. The maximum absolute atomic E-state index is 11.1. The molecule has 0 saturated carbocycles. The highest BCUT2D eigenvalue weighted by atomic mass is 16.5. The molecule has 2 aromatic rings. The number of ether oxygens (including phenoxy) is 1. The number of hydrogen-bond acceptors (Lipinski definition) is 5. The molecule has 108 valence electrons. The summed E-state index contributed by atoms with van der Waals surface area (Å²) in [6.07, 6.45) is 4.14. The molecule has 3 rings (SSSR count). The third kappa shape index (κ3) is 3.00. The van der Waals surface area contributed by atoms with Crippen molar-refractivity contribution >= 4 is 5.97 Å². The lowest BCUT2D eigenvalue weighted by molar-refractivity contribution is 0.0697. The number of nitrogens with one attached hydrogen (secondary N) is 1. The highest BCUT2D eigenvalue weighted by Gasteiger charge is 2.19. The SMILES string of the molecule is O=C(O)c1cccc(-c2nccnc2OC2CCNC2)c1. The van der Waals surface area contributed by atoms with Crippen LogP contribution in [0.25, 0.3) is 11.3 Å². The predicted molar refractivity (Wildman–Crippen MR) is 76.3 cm³/mol. The van der Waals surface area contributed by atoms with Crippen LogP contribution in [0.1, 0.15) is 16.8 Å². The van der Waals surface area contributed by atoms with Crippen LogP contribution >= 0.6 is 0 Å². The van der Waals surface area contributed by atoms with Crippen LogP contribution in [0, 0.1) is 0 Å². The van der Waals surface area contributed by atoms with Crippen molar-refractivity contribution in [2.75, 3.05) is 13.1 Å². The fourth-order valence-corrected chi connectivity index (χ4v) is 2.30. The number of benzene rings is 1. The molecule has 21 heavy (non-hydrogen) atoms. The van der Waals surface area contributed by atoms with Crippen LogP contribution < -0.4 is 10.1 Å². The summed E-state index contributed by atoms with van der Waals surface area (Å²) >= 11 is 0. The van der Waals surface area contributed by atoms with Crippen LogP contribution in [-0.4, -0.2) is 40.2 Å². The second kappa shape index (κ2) is 5.88. The molecule has 2 N–H and O–H groups in total. The number of carboxylic acid groups (broad SMARTS) is 1. The van der Waals surface area contributed by atoms with Crippen molar-refractivity contribution in [3.63, 3.8) is 0 Å². The molecular formula is C15H15N3O3. The zero-order valence-corrected chi connectivity index (χ0v) is 11.3. The maximum atomic E-state index is 11.1. The van der Waals surface area contributed by atoms with Crippen LogP contribution in [0.5, 0.6) is 5.88 Å². The quantitative estimate of drug-likeness (QED) is 0.887. The lowest BCUT2D eigenvalue weighted by atomic mass is 10.1. The van der Waals surface area contributed by atoms with Crippen LogP contribution in [-0.2, 0) is 0 Å². The Kier molecular flexibility index (Phi) is 3.79. The summed E-state index contributed by atoms with van der Waals surface area (Å²) in [6, 6.07) is 6.61. The van der Waals surface area contributed by atoms with Gasteiger partial charge in [-0.3, -0.25) is 0 Å². The van der Waals surface area contributed by atoms with Crippen molar-refractivity contribution in [1.29, 1.82) is 0 Å². The second-order valence-electron chi connectivity index (χ2n) is 4.83. The van der Waals surface area contributed by atoms with Gasteiger partial charge in [-0.2, -0.15) is 0 Å². The number of carbonyl (C=O) groups is 1. The van der Waals surface area contributed by atoms with Crippen molar-refractivity contribution < 1.29 is 14.6 Å². The number of nitrogens with zero attached hydrogens (tertiary/aromatic N) is 2. The summed E-state index contributed by atoms with van der Waals surface area (Å²) in [5.41, 5.74) is 1.46. The molecule has 1 aliphatic heterocycles. The van der Waals surface area contributed by atoms with Crippen molar-refractivity contribution in [2.24, 2.45) is 0 Å². The van der Waals surface area contributed by atoms with Crippen LogP contribution in [0.2, 0.25) is 0 Å². The number of hydrogen-bond donors (Lipinski definition) is 2. The third-order valence-corrected chi connectivity index (χ3v) is 3.34. The first-order chi connectivity index (χ1) is 10.2. The van der Waals surface area contributed by atoms with Crippen molar-refractivity contribution in [3.05, 3.63) is 42.2 Å². The van der Waals surface area contributed by atoms with E-state index in [2.05, 4.69) is 15.3 Å². The Bertz CT molecular complexity index is 654. The minimum Gasteiger partial charge on any atom is -0.478 e. The van der Waals surface area contributed by atoms with Crippen LogP contribution in [0.15, 0.2) is 36.7 Å². The summed E-state index contributed by atoms with van der Waals surface area (Å²) in [5, 5.41) is 12.3. The topological polar surface area (TPSA) is 84.3 Å². The second-order valence-corrected chi connectivity index (χ2v) is 4.83. The molecule has 0 amide bonds. The normalized spacial score (nSPS) is 17.6. The first-order valence-corrected chi connectivity index (χ1v) is 6.76. The van der Waals surface area contributed by atoms with Crippen molar-refractivity contribution in [1.82, 2.24) is 15.3 Å². The first-order valence-electron chi connectivity index (χ1n) is 6.76. The Morgan fingerprint density at radius 2 is 2.19 bits per heavy atom. The fourth-order valence-electron chi connectivity index (χ4n) is 2.30. The van der Waals surface area contributed by atoms with Gasteiger partial charge in [0, 0.05) is 24.5 Å². The summed E-state index contributed by atoms with van der Waals surface area (Å²) in [5.74, 6) is -0.531. The van der Waals surface area contributed by atoms with E-state index in [0.29, 0.717) is 17.1 Å².